The van der Waals surface area contributed by atoms with Crippen molar-refractivity contribution in [2.24, 2.45) is 0 Å². The summed E-state index contributed by atoms with van der Waals surface area (Å²) in [5.41, 5.74) is 8.02. The van der Waals surface area contributed by atoms with Crippen molar-refractivity contribution in [2.75, 3.05) is 11.1 Å². The number of rotatable bonds is 4. The highest BCUT2D eigenvalue weighted by atomic mass is 35.5. The van der Waals surface area contributed by atoms with Crippen LogP contribution in [0, 0.1) is 6.92 Å². The average Bonchev–Trinajstić information content (AvgIpc) is 3.26. The molecule has 5 heteroatoms. The van der Waals surface area contributed by atoms with Crippen LogP contribution in [-0.2, 0) is 6.54 Å². The quantitative estimate of drug-likeness (QED) is 0.904. The predicted molar refractivity (Wildman–Crippen MR) is 81.9 cm³/mol. The Morgan fingerprint density at radius 1 is 1.25 bits per heavy atom. The summed E-state index contributed by atoms with van der Waals surface area (Å²) in [5, 5.41) is 4.08. The van der Waals surface area contributed by atoms with Crippen molar-refractivity contribution in [3.8, 4) is 0 Å². The smallest absolute Gasteiger partial charge is 0.136 e. The maximum Gasteiger partial charge on any atom is 0.136 e. The Morgan fingerprint density at radius 2 is 1.95 bits per heavy atom. The SMILES string of the molecule is Cc1c(N)nc(C2CC2)nc1NCc1ccc(Cl)cc1. The van der Waals surface area contributed by atoms with Crippen LogP contribution in [-0.4, -0.2) is 9.97 Å². The molecule has 1 aromatic carbocycles. The number of aromatic nitrogens is 2. The summed E-state index contributed by atoms with van der Waals surface area (Å²) in [7, 11) is 0. The molecule has 4 nitrogen and oxygen atoms in total. The van der Waals surface area contributed by atoms with Crippen LogP contribution >= 0.6 is 11.6 Å². The molecule has 104 valence electrons. The molecule has 1 heterocycles. The highest BCUT2D eigenvalue weighted by Crippen LogP contribution is 2.39. The first kappa shape index (κ1) is 13.2. The molecule has 1 fully saturated rings. The lowest BCUT2D eigenvalue weighted by molar-refractivity contribution is 0.917. The second-order valence-corrected chi connectivity index (χ2v) is 5.63. The van der Waals surface area contributed by atoms with Crippen molar-refractivity contribution >= 4 is 23.2 Å². The molecule has 0 amide bonds. The highest BCUT2D eigenvalue weighted by molar-refractivity contribution is 6.30. The van der Waals surface area contributed by atoms with Crippen LogP contribution in [0.4, 0.5) is 11.6 Å². The highest BCUT2D eigenvalue weighted by Gasteiger charge is 2.27. The lowest BCUT2D eigenvalue weighted by Gasteiger charge is -2.12. The summed E-state index contributed by atoms with van der Waals surface area (Å²) in [6, 6.07) is 7.76. The Labute approximate surface area is 123 Å². The fraction of sp³-hybridized carbons (Fsp3) is 0.333. The number of nitrogens with two attached hydrogens (primary N) is 1. The van der Waals surface area contributed by atoms with E-state index < -0.39 is 0 Å². The monoisotopic (exact) mass is 288 g/mol. The van der Waals surface area contributed by atoms with E-state index in [1.165, 1.54) is 12.8 Å². The largest absolute Gasteiger partial charge is 0.383 e. The minimum atomic E-state index is 0.494. The van der Waals surface area contributed by atoms with Gasteiger partial charge in [0.1, 0.15) is 17.5 Å². The zero-order valence-corrected chi connectivity index (χ0v) is 12.1. The van der Waals surface area contributed by atoms with E-state index in [2.05, 4.69) is 15.3 Å². The van der Waals surface area contributed by atoms with Gasteiger partial charge in [-0.25, -0.2) is 9.97 Å². The number of nitrogens with one attached hydrogen (secondary N) is 1. The summed E-state index contributed by atoms with van der Waals surface area (Å²) in [4.78, 5) is 8.97. The van der Waals surface area contributed by atoms with Gasteiger partial charge >= 0.3 is 0 Å². The van der Waals surface area contributed by atoms with Crippen molar-refractivity contribution in [3.63, 3.8) is 0 Å². The van der Waals surface area contributed by atoms with Crippen molar-refractivity contribution in [2.45, 2.75) is 32.2 Å². The number of nitrogens with zero attached hydrogens (tertiary/aromatic N) is 2. The van der Waals surface area contributed by atoms with E-state index in [1.54, 1.807) is 0 Å². The molecule has 0 radical (unpaired) electrons. The van der Waals surface area contributed by atoms with Crippen LogP contribution in [0.3, 0.4) is 0 Å². The lowest BCUT2D eigenvalue weighted by atomic mass is 10.2. The van der Waals surface area contributed by atoms with Crippen LogP contribution in [0.2, 0.25) is 5.02 Å². The molecule has 0 bridgehead atoms. The maximum absolute atomic E-state index is 5.97. The zero-order chi connectivity index (χ0) is 14.1. The van der Waals surface area contributed by atoms with Crippen molar-refractivity contribution in [1.29, 1.82) is 0 Å². The van der Waals surface area contributed by atoms with E-state index in [0.29, 0.717) is 18.3 Å². The van der Waals surface area contributed by atoms with Crippen LogP contribution in [0.1, 0.15) is 35.7 Å². The first-order valence-corrected chi connectivity index (χ1v) is 7.13. The van der Waals surface area contributed by atoms with Gasteiger partial charge in [-0.2, -0.15) is 0 Å². The molecule has 0 unspecified atom stereocenters. The third-order valence-corrected chi connectivity index (χ3v) is 3.77. The topological polar surface area (TPSA) is 63.8 Å². The Balaban J connectivity index is 1.77. The van der Waals surface area contributed by atoms with E-state index in [1.807, 2.05) is 31.2 Å². The summed E-state index contributed by atoms with van der Waals surface area (Å²) >= 11 is 5.88. The molecule has 20 heavy (non-hydrogen) atoms. The number of halogens is 1. The van der Waals surface area contributed by atoms with Crippen LogP contribution in [0.15, 0.2) is 24.3 Å². The molecule has 0 saturated heterocycles. The van der Waals surface area contributed by atoms with Gasteiger partial charge < -0.3 is 11.1 Å². The van der Waals surface area contributed by atoms with Gasteiger partial charge in [0.15, 0.2) is 0 Å². The van der Waals surface area contributed by atoms with Crippen molar-refractivity contribution in [1.82, 2.24) is 9.97 Å². The molecule has 0 spiro atoms. The molecule has 0 aliphatic heterocycles. The fourth-order valence-corrected chi connectivity index (χ4v) is 2.16. The Kier molecular flexibility index (Phi) is 3.49. The number of anilines is 2. The van der Waals surface area contributed by atoms with E-state index in [9.17, 15) is 0 Å². The third kappa shape index (κ3) is 2.85. The van der Waals surface area contributed by atoms with Gasteiger partial charge in [-0.15, -0.1) is 0 Å². The molecule has 0 atom stereocenters. The number of benzene rings is 1. The standard InChI is InChI=1S/C15H17ClN4/c1-9-13(17)19-15(11-4-5-11)20-14(9)18-8-10-2-6-12(16)7-3-10/h2-3,6-7,11H,4-5,8H2,1H3,(H3,17,18,19,20). The first-order chi connectivity index (χ1) is 9.63. The molecule has 1 aliphatic carbocycles. The molecular weight excluding hydrogens is 272 g/mol. The number of hydrogen-bond acceptors (Lipinski definition) is 4. The van der Waals surface area contributed by atoms with Crippen LogP contribution in [0.5, 0.6) is 0 Å². The second-order valence-electron chi connectivity index (χ2n) is 5.19. The summed E-state index contributed by atoms with van der Waals surface area (Å²) in [6.07, 6.45) is 2.33. The third-order valence-electron chi connectivity index (χ3n) is 3.52. The second kappa shape index (κ2) is 5.29. The number of hydrogen-bond donors (Lipinski definition) is 2. The van der Waals surface area contributed by atoms with Crippen molar-refractivity contribution in [3.05, 3.63) is 46.2 Å². The first-order valence-electron chi connectivity index (χ1n) is 6.76. The minimum absolute atomic E-state index is 0.494. The lowest BCUT2D eigenvalue weighted by Crippen LogP contribution is -2.09. The molecule has 3 rings (SSSR count). The van der Waals surface area contributed by atoms with Gasteiger partial charge in [-0.3, -0.25) is 0 Å². The summed E-state index contributed by atoms with van der Waals surface area (Å²) in [6.45, 7) is 2.63. The van der Waals surface area contributed by atoms with Gasteiger partial charge in [-0.1, -0.05) is 23.7 Å². The maximum atomic E-state index is 5.97. The zero-order valence-electron chi connectivity index (χ0n) is 11.4. The van der Waals surface area contributed by atoms with Gasteiger partial charge in [0, 0.05) is 23.0 Å². The molecule has 3 N–H and O–H groups in total. The van der Waals surface area contributed by atoms with Gasteiger partial charge in [-0.05, 0) is 37.5 Å². The predicted octanol–water partition coefficient (Wildman–Crippen LogP) is 3.51. The fourth-order valence-electron chi connectivity index (χ4n) is 2.04. The normalized spacial score (nSPS) is 14.3. The van der Waals surface area contributed by atoms with Crippen molar-refractivity contribution < 1.29 is 0 Å². The molecule has 2 aromatic rings. The van der Waals surface area contributed by atoms with E-state index in [0.717, 1.165) is 27.8 Å². The summed E-state index contributed by atoms with van der Waals surface area (Å²) < 4.78 is 0. The minimum Gasteiger partial charge on any atom is -0.383 e. The van der Waals surface area contributed by atoms with Crippen LogP contribution < -0.4 is 11.1 Å². The number of nitrogen functional groups attached to an aromatic ring is 1. The Morgan fingerprint density at radius 3 is 2.60 bits per heavy atom. The average molecular weight is 289 g/mol. The Hall–Kier alpha value is -1.81. The molecule has 1 aliphatic rings. The molecule has 1 saturated carbocycles. The van der Waals surface area contributed by atoms with Gasteiger partial charge in [0.05, 0.1) is 0 Å². The summed E-state index contributed by atoms with van der Waals surface area (Å²) in [5.74, 6) is 2.76. The Bertz CT molecular complexity index is 621. The van der Waals surface area contributed by atoms with E-state index in [4.69, 9.17) is 17.3 Å². The van der Waals surface area contributed by atoms with E-state index in [-0.39, 0.29) is 0 Å². The van der Waals surface area contributed by atoms with Crippen LogP contribution in [0.25, 0.3) is 0 Å². The van der Waals surface area contributed by atoms with E-state index >= 15 is 0 Å². The molecule has 1 aromatic heterocycles. The van der Waals surface area contributed by atoms with Gasteiger partial charge in [0.25, 0.3) is 0 Å². The molecular formula is C15H17ClN4. The van der Waals surface area contributed by atoms with Gasteiger partial charge in [0.2, 0.25) is 0 Å².